The fraction of sp³-hybridized carbons (Fsp3) is 0.200. The van der Waals surface area contributed by atoms with Crippen LogP contribution in [0.1, 0.15) is 28.4 Å². The first kappa shape index (κ1) is 23.5. The van der Waals surface area contributed by atoms with E-state index in [1.807, 2.05) is 54.7 Å². The van der Waals surface area contributed by atoms with Crippen molar-refractivity contribution in [1.29, 1.82) is 0 Å². The number of amides is 2. The number of carbonyl (C=O) groups excluding carboxylic acids is 2. The number of nitrogens with zero attached hydrogens (tertiary/aromatic N) is 3. The smallest absolute Gasteiger partial charge is 0.246 e. The minimum atomic E-state index is -0.674. The fourth-order valence-corrected chi connectivity index (χ4v) is 6.27. The lowest BCUT2D eigenvalue weighted by Crippen LogP contribution is -2.63. The molecule has 9 nitrogen and oxygen atoms in total. The Morgan fingerprint density at radius 3 is 2.56 bits per heavy atom. The van der Waals surface area contributed by atoms with Gasteiger partial charge in [0.15, 0.2) is 0 Å². The summed E-state index contributed by atoms with van der Waals surface area (Å²) in [4.78, 5) is 37.8. The molecule has 2 aliphatic rings. The van der Waals surface area contributed by atoms with Crippen LogP contribution in [0.25, 0.3) is 21.8 Å². The van der Waals surface area contributed by atoms with Crippen LogP contribution in [0.2, 0.25) is 0 Å². The summed E-state index contributed by atoms with van der Waals surface area (Å²) in [6.07, 6.45) is 3.00. The van der Waals surface area contributed by atoms with Crippen LogP contribution in [0.3, 0.4) is 0 Å². The Kier molecular flexibility index (Phi) is 5.43. The van der Waals surface area contributed by atoms with Crippen molar-refractivity contribution in [3.8, 4) is 0 Å². The van der Waals surface area contributed by atoms with Crippen LogP contribution in [0.4, 0.5) is 5.69 Å². The number of hydrogen-bond acceptors (Lipinski definition) is 5. The van der Waals surface area contributed by atoms with Crippen molar-refractivity contribution in [3.05, 3.63) is 107 Å². The second kappa shape index (κ2) is 9.00. The van der Waals surface area contributed by atoms with Gasteiger partial charge in [0.1, 0.15) is 6.04 Å². The number of aromatic nitrogens is 2. The summed E-state index contributed by atoms with van der Waals surface area (Å²) in [5.74, 6) is -0.236. The lowest BCUT2D eigenvalue weighted by Gasteiger charge is -2.47. The van der Waals surface area contributed by atoms with Gasteiger partial charge in [-0.3, -0.25) is 14.8 Å². The van der Waals surface area contributed by atoms with Crippen molar-refractivity contribution in [3.63, 3.8) is 0 Å². The quantitative estimate of drug-likeness (QED) is 0.299. The molecule has 0 spiro atoms. The van der Waals surface area contributed by atoms with Crippen LogP contribution >= 0.6 is 0 Å². The van der Waals surface area contributed by atoms with Gasteiger partial charge >= 0.3 is 0 Å². The van der Waals surface area contributed by atoms with Crippen LogP contribution in [-0.4, -0.2) is 55.9 Å². The predicted molar refractivity (Wildman–Crippen MR) is 147 cm³/mol. The number of aromatic amines is 2. The summed E-state index contributed by atoms with van der Waals surface area (Å²) in [6.45, 7) is 0.421. The zero-order valence-corrected chi connectivity index (χ0v) is 21.0. The summed E-state index contributed by atoms with van der Waals surface area (Å²) >= 11 is 0. The molecule has 1 fully saturated rings. The van der Waals surface area contributed by atoms with Crippen LogP contribution in [0.15, 0.2) is 79.0 Å². The van der Waals surface area contributed by atoms with E-state index in [-0.39, 0.29) is 29.3 Å². The molecule has 2 aromatic heterocycles. The van der Waals surface area contributed by atoms with Gasteiger partial charge in [0, 0.05) is 46.7 Å². The zero-order chi connectivity index (χ0) is 26.7. The van der Waals surface area contributed by atoms with Gasteiger partial charge in [-0.2, -0.15) is 0 Å². The predicted octanol–water partition coefficient (Wildman–Crippen LogP) is 4.27. The fourth-order valence-electron chi connectivity index (χ4n) is 6.27. The number of hydrogen-bond donors (Lipinski definition) is 3. The highest BCUT2D eigenvalue weighted by Crippen LogP contribution is 2.43. The molecule has 5 aromatic rings. The molecule has 196 valence electrons. The van der Waals surface area contributed by atoms with E-state index in [9.17, 15) is 20.0 Å². The molecule has 3 aromatic carbocycles. The molecule has 4 heterocycles. The van der Waals surface area contributed by atoms with Crippen molar-refractivity contribution < 1.29 is 14.8 Å². The number of nitrogens with one attached hydrogen (secondary N) is 2. The monoisotopic (exact) mass is 520 g/mol. The first-order chi connectivity index (χ1) is 19.0. The zero-order valence-electron chi connectivity index (χ0n) is 21.0. The molecule has 3 N–H and O–H groups in total. The van der Waals surface area contributed by atoms with Gasteiger partial charge in [-0.25, -0.2) is 0 Å². The number of benzene rings is 3. The van der Waals surface area contributed by atoms with Gasteiger partial charge in [-0.1, -0.05) is 48.5 Å². The molecular weight excluding hydrogens is 494 g/mol. The van der Waals surface area contributed by atoms with E-state index < -0.39 is 12.1 Å². The van der Waals surface area contributed by atoms with Crippen LogP contribution in [0.5, 0.6) is 0 Å². The molecule has 2 atom stereocenters. The van der Waals surface area contributed by atoms with Gasteiger partial charge in [0.05, 0.1) is 18.3 Å². The van der Waals surface area contributed by atoms with Gasteiger partial charge < -0.3 is 30.2 Å². The van der Waals surface area contributed by atoms with Crippen molar-refractivity contribution in [2.75, 3.05) is 18.3 Å². The van der Waals surface area contributed by atoms with E-state index in [0.29, 0.717) is 24.9 Å². The average Bonchev–Trinajstić information content (AvgIpc) is 3.54. The lowest BCUT2D eigenvalue weighted by atomic mass is 9.86. The molecule has 1 saturated heterocycles. The Morgan fingerprint density at radius 2 is 1.74 bits per heavy atom. The highest BCUT2D eigenvalue weighted by molar-refractivity contribution is 5.97. The Bertz CT molecular complexity index is 1740. The van der Waals surface area contributed by atoms with Gasteiger partial charge in [-0.15, -0.1) is 0 Å². The average molecular weight is 521 g/mol. The summed E-state index contributed by atoms with van der Waals surface area (Å²) in [5.41, 5.74) is 5.60. The molecule has 0 aliphatic carbocycles. The molecule has 2 aliphatic heterocycles. The van der Waals surface area contributed by atoms with E-state index in [4.69, 9.17) is 0 Å². The molecule has 1 unspecified atom stereocenters. The summed E-state index contributed by atoms with van der Waals surface area (Å²) < 4.78 is 0. The van der Waals surface area contributed by atoms with Gasteiger partial charge in [-0.05, 0) is 47.4 Å². The standard InChI is InChI=1S/C30H26N5O4/c36-27-17-33(13-12-19-16-31-24-10-3-1-8-21(19)24)30(37)26-15-23-22-9-2-4-11-25(22)32-28(23)29(34(26)27)18-6-5-7-20(14-18)35(38)39/h1-11,14,16,26,29,31-32,38H,12-13,15,17H2/q-1/t26-,29?/m0/s1. The van der Waals surface area contributed by atoms with E-state index >= 15 is 0 Å². The van der Waals surface area contributed by atoms with Crippen molar-refractivity contribution in [2.45, 2.75) is 24.9 Å². The SMILES string of the molecule is O=C1[C@@H]2Cc3c([nH]c4ccccc34)C(c3cccc(N([O-])O)c3)N2C(=O)CN1CCc1c[nH]c2ccccc12. The number of piperazine rings is 1. The highest BCUT2D eigenvalue weighted by atomic mass is 16.8. The Hall–Kier alpha value is -4.60. The maximum Gasteiger partial charge on any atom is 0.246 e. The third kappa shape index (κ3) is 3.77. The topological polar surface area (TPSA) is 119 Å². The van der Waals surface area contributed by atoms with Crippen LogP contribution in [-0.2, 0) is 22.4 Å². The number of anilines is 1. The number of carbonyl (C=O) groups is 2. The molecule has 2 amide bonds. The highest BCUT2D eigenvalue weighted by Gasteiger charge is 2.48. The third-order valence-corrected chi connectivity index (χ3v) is 8.08. The molecule has 0 saturated carbocycles. The second-order valence-corrected chi connectivity index (χ2v) is 10.2. The summed E-state index contributed by atoms with van der Waals surface area (Å²) in [5, 5.41) is 23.2. The second-order valence-electron chi connectivity index (χ2n) is 10.2. The van der Waals surface area contributed by atoms with Crippen molar-refractivity contribution in [1.82, 2.24) is 19.8 Å². The normalized spacial score (nSPS) is 19.0. The van der Waals surface area contributed by atoms with Crippen LogP contribution in [0, 0.1) is 5.21 Å². The number of H-pyrrole nitrogens is 2. The molecule has 0 radical (unpaired) electrons. The number of fused-ring (bicyclic) bond motifs is 5. The minimum absolute atomic E-state index is 0.0167. The summed E-state index contributed by atoms with van der Waals surface area (Å²) in [7, 11) is 0. The maximum absolute atomic E-state index is 14.0. The number of rotatable bonds is 5. The first-order valence-corrected chi connectivity index (χ1v) is 13.0. The van der Waals surface area contributed by atoms with E-state index in [1.165, 1.54) is 6.07 Å². The van der Waals surface area contributed by atoms with E-state index in [2.05, 4.69) is 16.0 Å². The summed E-state index contributed by atoms with van der Waals surface area (Å²) in [6, 6.07) is 21.2. The largest absolute Gasteiger partial charge is 0.733 e. The molecule has 39 heavy (non-hydrogen) atoms. The molecule has 9 heteroatoms. The Morgan fingerprint density at radius 1 is 0.974 bits per heavy atom. The lowest BCUT2D eigenvalue weighted by molar-refractivity contribution is -0.158. The van der Waals surface area contributed by atoms with Crippen LogP contribution < -0.4 is 5.23 Å². The first-order valence-electron chi connectivity index (χ1n) is 13.0. The third-order valence-electron chi connectivity index (χ3n) is 8.08. The van der Waals surface area contributed by atoms with Crippen molar-refractivity contribution in [2.24, 2.45) is 0 Å². The number of para-hydroxylation sites is 2. The molecule has 0 bridgehead atoms. The van der Waals surface area contributed by atoms with Crippen molar-refractivity contribution >= 4 is 39.3 Å². The molecular formula is C30H26N5O4-. The Labute approximate surface area is 223 Å². The van der Waals surface area contributed by atoms with Gasteiger partial charge in [0.2, 0.25) is 11.8 Å². The van der Waals surface area contributed by atoms with E-state index in [0.717, 1.165) is 38.6 Å². The molecule has 7 rings (SSSR count). The maximum atomic E-state index is 14.0. The van der Waals surface area contributed by atoms with E-state index in [1.54, 1.807) is 21.9 Å². The van der Waals surface area contributed by atoms with Gasteiger partial charge in [0.25, 0.3) is 0 Å². The minimum Gasteiger partial charge on any atom is -0.733 e. The Balaban J connectivity index is 1.26.